The third kappa shape index (κ3) is 4.81. The SMILES string of the molecule is Cc1cc(C)cc(-c2cc3c(c4c2op(N(C)C)oc2c(-c5cc(C)cc(C)c5)cc5c(c24)CCCC5)CCCC3)c1. The van der Waals surface area contributed by atoms with E-state index in [4.69, 9.17) is 8.39 Å². The van der Waals surface area contributed by atoms with Crippen molar-refractivity contribution in [2.45, 2.75) is 79.1 Å². The summed E-state index contributed by atoms with van der Waals surface area (Å²) in [5.74, 6) is 0. The van der Waals surface area contributed by atoms with E-state index in [1.165, 1.54) is 103 Å². The molecule has 0 bridgehead atoms. The minimum atomic E-state index is -1.37. The third-order valence-corrected chi connectivity index (χ3v) is 10.5. The van der Waals surface area contributed by atoms with E-state index in [-0.39, 0.29) is 0 Å². The van der Waals surface area contributed by atoms with Crippen LogP contribution < -0.4 is 4.67 Å². The number of fused-ring (bicyclic) bond motifs is 7. The topological polar surface area (TPSA) is 29.5 Å². The quantitative estimate of drug-likeness (QED) is 0.214. The van der Waals surface area contributed by atoms with E-state index in [9.17, 15) is 0 Å². The van der Waals surface area contributed by atoms with Crippen LogP contribution in [0, 0.1) is 27.7 Å². The van der Waals surface area contributed by atoms with Crippen molar-refractivity contribution in [1.29, 1.82) is 0 Å². The molecule has 4 heteroatoms. The minimum Gasteiger partial charge on any atom is -0.407 e. The highest BCUT2D eigenvalue weighted by Gasteiger charge is 2.26. The summed E-state index contributed by atoms with van der Waals surface area (Å²) in [4.78, 5) is 0. The van der Waals surface area contributed by atoms with Gasteiger partial charge < -0.3 is 8.39 Å². The summed E-state index contributed by atoms with van der Waals surface area (Å²) in [5.41, 5.74) is 18.0. The van der Waals surface area contributed by atoms with Crippen LogP contribution in [0.15, 0.2) is 56.9 Å². The fraction of sp³-hybridized carbons (Fsp3) is 0.368. The maximum Gasteiger partial charge on any atom is 0.309 e. The second-order valence-corrected chi connectivity index (χ2v) is 14.6. The van der Waals surface area contributed by atoms with Crippen LogP contribution in [0.4, 0.5) is 0 Å². The van der Waals surface area contributed by atoms with Crippen LogP contribution >= 0.6 is 8.16 Å². The van der Waals surface area contributed by atoms with Crippen molar-refractivity contribution in [1.82, 2.24) is 0 Å². The third-order valence-electron chi connectivity index (χ3n) is 9.19. The zero-order valence-corrected chi connectivity index (χ0v) is 26.9. The first kappa shape index (κ1) is 27.6. The van der Waals surface area contributed by atoms with Gasteiger partial charge in [0.25, 0.3) is 0 Å². The van der Waals surface area contributed by atoms with Gasteiger partial charge in [0.2, 0.25) is 0 Å². The highest BCUT2D eigenvalue weighted by Crippen LogP contribution is 2.48. The molecular weight excluding hydrogens is 533 g/mol. The Kier molecular flexibility index (Phi) is 7.08. The van der Waals surface area contributed by atoms with Gasteiger partial charge in [0.1, 0.15) is 0 Å². The summed E-state index contributed by atoms with van der Waals surface area (Å²) in [6, 6.07) is 18.7. The lowest BCUT2D eigenvalue weighted by Crippen LogP contribution is -2.07. The molecule has 0 radical (unpaired) electrons. The first-order chi connectivity index (χ1) is 20.3. The van der Waals surface area contributed by atoms with Gasteiger partial charge in [-0.2, -0.15) is 0 Å². The smallest absolute Gasteiger partial charge is 0.309 e. The van der Waals surface area contributed by atoms with Gasteiger partial charge in [-0.25, -0.2) is 4.67 Å². The van der Waals surface area contributed by atoms with E-state index >= 15 is 0 Å². The number of aryl methyl sites for hydroxylation is 8. The molecule has 2 aliphatic rings. The van der Waals surface area contributed by atoms with Gasteiger partial charge in [-0.3, -0.25) is 0 Å². The zero-order chi connectivity index (χ0) is 29.1. The van der Waals surface area contributed by atoms with Crippen LogP contribution in [0.1, 0.15) is 70.2 Å². The van der Waals surface area contributed by atoms with Crippen molar-refractivity contribution in [2.24, 2.45) is 0 Å². The first-order valence-corrected chi connectivity index (χ1v) is 16.8. The fourth-order valence-electron chi connectivity index (χ4n) is 7.52. The van der Waals surface area contributed by atoms with E-state index < -0.39 is 8.16 Å². The lowest BCUT2D eigenvalue weighted by Gasteiger charge is -2.23. The molecule has 216 valence electrons. The lowest BCUT2D eigenvalue weighted by molar-refractivity contribution is 0.633. The highest BCUT2D eigenvalue weighted by molar-refractivity contribution is 7.38. The normalized spacial score (nSPS) is 14.8. The molecule has 0 atom stereocenters. The van der Waals surface area contributed by atoms with Crippen LogP contribution in [-0.4, -0.2) is 14.1 Å². The average molecular weight is 576 g/mol. The Bertz CT molecular complexity index is 1740. The molecular formula is C38H42NO2P. The Balaban J connectivity index is 1.75. The number of nitrogens with zero attached hydrogens (tertiary/aromatic N) is 1. The second-order valence-electron chi connectivity index (χ2n) is 13.0. The Labute approximate surface area is 251 Å². The Morgan fingerprint density at radius 3 is 1.29 bits per heavy atom. The number of benzene rings is 4. The van der Waals surface area contributed by atoms with Crippen molar-refractivity contribution in [3.8, 4) is 22.3 Å². The molecule has 0 fully saturated rings. The molecule has 4 aromatic carbocycles. The highest BCUT2D eigenvalue weighted by atomic mass is 31.1. The van der Waals surface area contributed by atoms with E-state index in [0.29, 0.717) is 0 Å². The second kappa shape index (κ2) is 10.8. The molecule has 0 unspecified atom stereocenters. The zero-order valence-electron chi connectivity index (χ0n) is 26.0. The van der Waals surface area contributed by atoms with Crippen molar-refractivity contribution >= 4 is 30.1 Å². The predicted octanol–water partition coefficient (Wildman–Crippen LogP) is 10.8. The van der Waals surface area contributed by atoms with Gasteiger partial charge in [0.05, 0.1) is 0 Å². The lowest BCUT2D eigenvalue weighted by atomic mass is 9.81. The van der Waals surface area contributed by atoms with Crippen LogP contribution in [0.25, 0.3) is 44.2 Å². The maximum absolute atomic E-state index is 7.13. The molecule has 5 aromatic rings. The van der Waals surface area contributed by atoms with Crippen LogP contribution in [0.2, 0.25) is 0 Å². The molecule has 1 aromatic heterocycles. The summed E-state index contributed by atoms with van der Waals surface area (Å²) < 4.78 is 16.4. The molecule has 42 heavy (non-hydrogen) atoms. The summed E-state index contributed by atoms with van der Waals surface area (Å²) in [6.07, 6.45) is 9.36. The number of hydrogen-bond acceptors (Lipinski definition) is 3. The standard InChI is InChI=1S/C38H42NO2P/c1-23-15-24(2)18-29(17-23)33-21-27-11-7-9-13-31(27)35-36-32-14-10-8-12-28(32)22-34(30-19-25(3)16-26(4)20-30)38(36)41-42(39(5)6)40-37(33)35/h15-22H,7-14H2,1-6H3. The van der Waals surface area contributed by atoms with Crippen LogP contribution in [0.3, 0.4) is 0 Å². The summed E-state index contributed by atoms with van der Waals surface area (Å²) >= 11 is 0. The Morgan fingerprint density at radius 1 is 0.524 bits per heavy atom. The molecule has 0 saturated heterocycles. The molecule has 1 heterocycles. The van der Waals surface area contributed by atoms with Gasteiger partial charge in [0.15, 0.2) is 11.2 Å². The summed E-state index contributed by atoms with van der Waals surface area (Å²) in [5, 5.41) is 2.63. The van der Waals surface area contributed by atoms with E-state index in [2.05, 4.69) is 95.0 Å². The van der Waals surface area contributed by atoms with Crippen LogP contribution in [0.5, 0.6) is 0 Å². The van der Waals surface area contributed by atoms with E-state index in [0.717, 1.165) is 36.8 Å². The molecule has 2 aliphatic carbocycles. The summed E-state index contributed by atoms with van der Waals surface area (Å²) in [6.45, 7) is 8.80. The van der Waals surface area contributed by atoms with Crippen molar-refractivity contribution < 1.29 is 8.39 Å². The molecule has 0 saturated carbocycles. The van der Waals surface area contributed by atoms with Crippen molar-refractivity contribution in [2.75, 3.05) is 18.8 Å². The monoisotopic (exact) mass is 575 g/mol. The Hall–Kier alpha value is -3.26. The van der Waals surface area contributed by atoms with Gasteiger partial charge in [-0.05, 0) is 125 Å². The number of hydrogen-bond donors (Lipinski definition) is 0. The first-order valence-electron chi connectivity index (χ1n) is 15.7. The molecule has 0 spiro atoms. The van der Waals surface area contributed by atoms with Crippen molar-refractivity contribution in [3.63, 3.8) is 0 Å². The summed E-state index contributed by atoms with van der Waals surface area (Å²) in [7, 11) is 2.80. The van der Waals surface area contributed by atoms with Gasteiger partial charge in [0, 0.05) is 36.0 Å². The molecule has 0 N–H and O–H groups in total. The molecule has 0 amide bonds. The van der Waals surface area contributed by atoms with Crippen molar-refractivity contribution in [3.05, 3.63) is 93.0 Å². The van der Waals surface area contributed by atoms with E-state index in [1.54, 1.807) is 0 Å². The molecule has 7 rings (SSSR count). The van der Waals surface area contributed by atoms with Gasteiger partial charge in [-0.1, -0.05) is 58.7 Å². The van der Waals surface area contributed by atoms with Crippen LogP contribution in [-0.2, 0) is 25.7 Å². The molecule has 3 nitrogen and oxygen atoms in total. The largest absolute Gasteiger partial charge is 0.407 e. The molecule has 0 aliphatic heterocycles. The minimum absolute atomic E-state index is 1.02. The number of rotatable bonds is 3. The van der Waals surface area contributed by atoms with Gasteiger partial charge >= 0.3 is 8.16 Å². The average Bonchev–Trinajstić information content (AvgIpc) is 3.14. The predicted molar refractivity (Wildman–Crippen MR) is 179 cm³/mol. The van der Waals surface area contributed by atoms with E-state index in [1.807, 2.05) is 0 Å². The Morgan fingerprint density at radius 2 is 0.905 bits per heavy atom. The maximum atomic E-state index is 7.13. The fourth-order valence-corrected chi connectivity index (χ4v) is 8.57. The van der Waals surface area contributed by atoms with Gasteiger partial charge in [-0.15, -0.1) is 0 Å².